The minimum atomic E-state index is -0.616. The Morgan fingerprint density at radius 2 is 1.61 bits per heavy atom. The molecule has 0 spiro atoms. The van der Waals surface area contributed by atoms with Crippen molar-refractivity contribution in [3.63, 3.8) is 0 Å². The molecule has 4 rings (SSSR count). The molecular formula is C23H13Cl2N3O5. The first-order chi connectivity index (χ1) is 15.8. The zero-order valence-electron chi connectivity index (χ0n) is 16.6. The predicted molar refractivity (Wildman–Crippen MR) is 125 cm³/mol. The molecule has 33 heavy (non-hydrogen) atoms. The van der Waals surface area contributed by atoms with E-state index in [1.54, 1.807) is 24.3 Å². The lowest BCUT2D eigenvalue weighted by atomic mass is 10.1. The van der Waals surface area contributed by atoms with E-state index < -0.39 is 22.6 Å². The number of carbonyl (C=O) groups excluding carboxylic acids is 3. The number of nitrogens with one attached hydrogen (secondary N) is 1. The average Bonchev–Trinajstić information content (AvgIpc) is 3.05. The summed E-state index contributed by atoms with van der Waals surface area (Å²) in [7, 11) is 0. The summed E-state index contributed by atoms with van der Waals surface area (Å²) in [5.74, 6) is -1.45. The van der Waals surface area contributed by atoms with E-state index in [4.69, 9.17) is 23.2 Å². The van der Waals surface area contributed by atoms with Crippen molar-refractivity contribution in [2.75, 3.05) is 10.2 Å². The highest BCUT2D eigenvalue weighted by Crippen LogP contribution is 2.33. The van der Waals surface area contributed by atoms with Gasteiger partial charge in [-0.25, -0.2) is 4.90 Å². The quantitative estimate of drug-likeness (QED) is 0.228. The van der Waals surface area contributed by atoms with Crippen LogP contribution < -0.4 is 10.2 Å². The Morgan fingerprint density at radius 1 is 0.939 bits per heavy atom. The van der Waals surface area contributed by atoms with Gasteiger partial charge in [0.25, 0.3) is 17.5 Å². The average molecular weight is 482 g/mol. The van der Waals surface area contributed by atoms with Crippen LogP contribution in [0.2, 0.25) is 10.0 Å². The lowest BCUT2D eigenvalue weighted by Crippen LogP contribution is -2.29. The fraction of sp³-hybridized carbons (Fsp3) is 0. The van der Waals surface area contributed by atoms with Gasteiger partial charge in [0.1, 0.15) is 5.02 Å². The number of amides is 3. The van der Waals surface area contributed by atoms with Gasteiger partial charge in [0.2, 0.25) is 5.91 Å². The fourth-order valence-corrected chi connectivity index (χ4v) is 3.70. The van der Waals surface area contributed by atoms with Crippen LogP contribution >= 0.6 is 23.2 Å². The molecular weight excluding hydrogens is 469 g/mol. The largest absolute Gasteiger partial charge is 0.321 e. The lowest BCUT2D eigenvalue weighted by Gasteiger charge is -2.15. The van der Waals surface area contributed by atoms with Gasteiger partial charge in [-0.05, 0) is 48.0 Å². The number of imide groups is 1. The van der Waals surface area contributed by atoms with E-state index in [1.807, 2.05) is 0 Å². The number of rotatable bonds is 5. The summed E-state index contributed by atoms with van der Waals surface area (Å²) in [6, 6.07) is 15.0. The Hall–Kier alpha value is -4.01. The van der Waals surface area contributed by atoms with Gasteiger partial charge in [0.15, 0.2) is 0 Å². The van der Waals surface area contributed by atoms with Crippen molar-refractivity contribution >= 4 is 64.1 Å². The summed E-state index contributed by atoms with van der Waals surface area (Å²) in [6.07, 6.45) is 2.57. The molecule has 3 aromatic carbocycles. The number of hydrogen-bond donors (Lipinski definition) is 1. The molecule has 0 fully saturated rings. The second-order valence-electron chi connectivity index (χ2n) is 6.95. The van der Waals surface area contributed by atoms with Gasteiger partial charge in [0.05, 0.1) is 32.4 Å². The SMILES string of the molecule is O=C(C=Cc1ccc(Cl)c([N+](=O)[O-])c1)Nc1ccc(N2C(=O)c3ccccc3C2=O)cc1Cl. The summed E-state index contributed by atoms with van der Waals surface area (Å²) in [4.78, 5) is 48.9. The molecule has 10 heteroatoms. The first kappa shape index (κ1) is 22.2. The van der Waals surface area contributed by atoms with Gasteiger partial charge in [0, 0.05) is 12.1 Å². The highest BCUT2D eigenvalue weighted by Gasteiger charge is 2.36. The van der Waals surface area contributed by atoms with E-state index in [2.05, 4.69) is 5.32 Å². The predicted octanol–water partition coefficient (Wildman–Crippen LogP) is 5.35. The third-order valence-corrected chi connectivity index (χ3v) is 5.49. The van der Waals surface area contributed by atoms with Crippen LogP contribution in [0.25, 0.3) is 6.08 Å². The molecule has 0 bridgehead atoms. The normalized spacial score (nSPS) is 12.8. The zero-order valence-corrected chi connectivity index (χ0v) is 18.1. The number of nitro groups is 1. The van der Waals surface area contributed by atoms with E-state index in [9.17, 15) is 24.5 Å². The van der Waals surface area contributed by atoms with E-state index in [0.29, 0.717) is 16.7 Å². The van der Waals surface area contributed by atoms with Gasteiger partial charge >= 0.3 is 0 Å². The third kappa shape index (κ3) is 4.34. The first-order valence-corrected chi connectivity index (χ1v) is 10.2. The van der Waals surface area contributed by atoms with Gasteiger partial charge in [-0.15, -0.1) is 0 Å². The van der Waals surface area contributed by atoms with Crippen molar-refractivity contribution in [3.05, 3.63) is 104 Å². The maximum atomic E-state index is 12.6. The van der Waals surface area contributed by atoms with Crippen molar-refractivity contribution < 1.29 is 19.3 Å². The standard InChI is InChI=1S/C23H13Cl2N3O5/c24-17-8-5-13(11-20(17)28(32)33)6-10-21(29)26-19-9-7-14(12-18(19)25)27-22(30)15-3-1-2-4-16(15)23(27)31/h1-12H,(H,26,29). The maximum absolute atomic E-state index is 12.6. The van der Waals surface area contributed by atoms with Crippen LogP contribution in [0.15, 0.2) is 66.7 Å². The smallest absolute Gasteiger partial charge is 0.288 e. The maximum Gasteiger partial charge on any atom is 0.288 e. The molecule has 0 aromatic heterocycles. The summed E-state index contributed by atoms with van der Waals surface area (Å²) >= 11 is 12.0. The molecule has 0 saturated carbocycles. The van der Waals surface area contributed by atoms with Crippen molar-refractivity contribution in [1.82, 2.24) is 0 Å². The number of nitrogens with zero attached hydrogens (tertiary/aromatic N) is 2. The second-order valence-corrected chi connectivity index (χ2v) is 7.76. The molecule has 0 unspecified atom stereocenters. The minimum absolute atomic E-state index is 0.00784. The van der Waals surface area contributed by atoms with E-state index >= 15 is 0 Å². The number of benzene rings is 3. The Morgan fingerprint density at radius 3 is 2.21 bits per heavy atom. The molecule has 1 N–H and O–H groups in total. The van der Waals surface area contributed by atoms with E-state index in [1.165, 1.54) is 48.6 Å². The van der Waals surface area contributed by atoms with E-state index in [-0.39, 0.29) is 27.1 Å². The molecule has 1 heterocycles. The summed E-state index contributed by atoms with van der Waals surface area (Å²) < 4.78 is 0. The van der Waals surface area contributed by atoms with Crippen LogP contribution in [0, 0.1) is 10.1 Å². The molecule has 3 aromatic rings. The zero-order chi connectivity index (χ0) is 23.7. The molecule has 3 amide bonds. The fourth-order valence-electron chi connectivity index (χ4n) is 3.29. The molecule has 8 nitrogen and oxygen atoms in total. The summed E-state index contributed by atoms with van der Waals surface area (Å²) in [6.45, 7) is 0. The third-order valence-electron chi connectivity index (χ3n) is 4.86. The number of halogens is 2. The number of nitro benzene ring substituents is 1. The van der Waals surface area contributed by atoms with Crippen molar-refractivity contribution in [2.45, 2.75) is 0 Å². The summed E-state index contributed by atoms with van der Waals surface area (Å²) in [5.41, 5.74) is 1.29. The Labute approximate surface area is 197 Å². The molecule has 164 valence electrons. The van der Waals surface area contributed by atoms with Gasteiger partial charge in [-0.1, -0.05) is 41.4 Å². The van der Waals surface area contributed by atoms with Crippen molar-refractivity contribution in [3.8, 4) is 0 Å². The topological polar surface area (TPSA) is 110 Å². The minimum Gasteiger partial charge on any atom is -0.321 e. The van der Waals surface area contributed by atoms with Gasteiger partial charge in [-0.3, -0.25) is 24.5 Å². The van der Waals surface area contributed by atoms with Crippen LogP contribution in [0.5, 0.6) is 0 Å². The number of carbonyl (C=O) groups is 3. The van der Waals surface area contributed by atoms with Gasteiger partial charge < -0.3 is 5.32 Å². The summed E-state index contributed by atoms with van der Waals surface area (Å²) in [5, 5.41) is 13.7. The first-order valence-electron chi connectivity index (χ1n) is 9.46. The highest BCUT2D eigenvalue weighted by atomic mass is 35.5. The van der Waals surface area contributed by atoms with Crippen LogP contribution in [0.4, 0.5) is 17.1 Å². The lowest BCUT2D eigenvalue weighted by molar-refractivity contribution is -0.384. The van der Waals surface area contributed by atoms with Crippen molar-refractivity contribution in [1.29, 1.82) is 0 Å². The number of hydrogen-bond acceptors (Lipinski definition) is 5. The molecule has 0 aliphatic carbocycles. The van der Waals surface area contributed by atoms with Crippen LogP contribution in [0.1, 0.15) is 26.3 Å². The van der Waals surface area contributed by atoms with Crippen LogP contribution in [-0.2, 0) is 4.79 Å². The number of anilines is 2. The molecule has 0 saturated heterocycles. The van der Waals surface area contributed by atoms with E-state index in [0.717, 1.165) is 4.90 Å². The van der Waals surface area contributed by atoms with Crippen LogP contribution in [0.3, 0.4) is 0 Å². The number of fused-ring (bicyclic) bond motifs is 1. The Kier molecular flexibility index (Phi) is 5.95. The molecule has 0 radical (unpaired) electrons. The molecule has 1 aliphatic rings. The molecule has 0 atom stereocenters. The Balaban J connectivity index is 1.49. The molecule has 1 aliphatic heterocycles. The monoisotopic (exact) mass is 481 g/mol. The van der Waals surface area contributed by atoms with Gasteiger partial charge in [-0.2, -0.15) is 0 Å². The second kappa shape index (κ2) is 8.85. The Bertz CT molecular complexity index is 1330. The highest BCUT2D eigenvalue weighted by molar-refractivity contribution is 6.37. The van der Waals surface area contributed by atoms with Crippen molar-refractivity contribution in [2.24, 2.45) is 0 Å². The van der Waals surface area contributed by atoms with Crippen LogP contribution in [-0.4, -0.2) is 22.6 Å².